The molecule has 0 saturated heterocycles. The number of benzene rings is 2. The smallest absolute Gasteiger partial charge is 0.339 e. The molecule has 126 valence electrons. The summed E-state index contributed by atoms with van der Waals surface area (Å²) in [5, 5.41) is 10.7. The molecule has 0 unspecified atom stereocenters. The maximum atomic E-state index is 12.5. The van der Waals surface area contributed by atoms with Gasteiger partial charge in [-0.25, -0.2) is 13.2 Å². The highest BCUT2D eigenvalue weighted by Gasteiger charge is 2.23. The van der Waals surface area contributed by atoms with E-state index in [1.807, 2.05) is 0 Å². The van der Waals surface area contributed by atoms with Crippen molar-refractivity contribution < 1.29 is 22.9 Å². The number of ether oxygens (including phenoxy) is 1. The van der Waals surface area contributed by atoms with Gasteiger partial charge in [0.25, 0.3) is 15.7 Å². The summed E-state index contributed by atoms with van der Waals surface area (Å²) in [6, 6.07) is 8.89. The Morgan fingerprint density at radius 1 is 1.25 bits per heavy atom. The monoisotopic (exact) mass is 370 g/mol. The van der Waals surface area contributed by atoms with Crippen molar-refractivity contribution in [1.82, 2.24) is 0 Å². The summed E-state index contributed by atoms with van der Waals surface area (Å²) in [6.07, 6.45) is 0. The molecule has 1 N–H and O–H groups in total. The zero-order chi connectivity index (χ0) is 17.9. The van der Waals surface area contributed by atoms with Gasteiger partial charge in [0.05, 0.1) is 23.3 Å². The lowest BCUT2D eigenvalue weighted by molar-refractivity contribution is -0.384. The molecule has 2 rings (SSSR count). The molecule has 0 saturated carbocycles. The predicted octanol–water partition coefficient (Wildman–Crippen LogP) is 2.84. The standard InChI is InChI=1S/C14H11ClN2O6S/c1-23-14(18)10-4-2-3-5-13(10)24(21,22)16-9-6-7-11(15)12(8-9)17(19)20/h2-8,16H,1H3. The Labute approximate surface area is 142 Å². The SMILES string of the molecule is COC(=O)c1ccccc1S(=O)(=O)Nc1ccc(Cl)c([N+](=O)[O-])c1. The summed E-state index contributed by atoms with van der Waals surface area (Å²) in [7, 11) is -3.04. The fourth-order valence-corrected chi connectivity index (χ4v) is 3.34. The number of hydrogen-bond donors (Lipinski definition) is 1. The highest BCUT2D eigenvalue weighted by molar-refractivity contribution is 7.92. The van der Waals surface area contributed by atoms with Crippen LogP contribution in [0.3, 0.4) is 0 Å². The summed E-state index contributed by atoms with van der Waals surface area (Å²) in [4.78, 5) is 21.5. The Balaban J connectivity index is 2.45. The van der Waals surface area contributed by atoms with Crippen molar-refractivity contribution in [2.75, 3.05) is 11.8 Å². The molecule has 2 aromatic carbocycles. The third kappa shape index (κ3) is 3.63. The van der Waals surface area contributed by atoms with Gasteiger partial charge in [-0.1, -0.05) is 23.7 Å². The van der Waals surface area contributed by atoms with Crippen LogP contribution in [-0.2, 0) is 14.8 Å². The van der Waals surface area contributed by atoms with Gasteiger partial charge >= 0.3 is 5.97 Å². The normalized spacial score (nSPS) is 10.9. The Morgan fingerprint density at radius 2 is 1.92 bits per heavy atom. The zero-order valence-corrected chi connectivity index (χ0v) is 13.8. The van der Waals surface area contributed by atoms with Crippen LogP contribution in [0.25, 0.3) is 0 Å². The zero-order valence-electron chi connectivity index (χ0n) is 12.2. The molecule has 0 bridgehead atoms. The number of rotatable bonds is 5. The van der Waals surface area contributed by atoms with E-state index < -0.39 is 26.6 Å². The minimum absolute atomic E-state index is 0.0641. The van der Waals surface area contributed by atoms with Gasteiger partial charge in [-0.2, -0.15) is 0 Å². The van der Waals surface area contributed by atoms with E-state index in [0.29, 0.717) is 0 Å². The van der Waals surface area contributed by atoms with E-state index in [1.54, 1.807) is 0 Å². The first-order chi connectivity index (χ1) is 11.3. The molecule has 0 radical (unpaired) electrons. The van der Waals surface area contributed by atoms with E-state index in [9.17, 15) is 23.3 Å². The van der Waals surface area contributed by atoms with E-state index in [-0.39, 0.29) is 21.2 Å². The average molecular weight is 371 g/mol. The van der Waals surface area contributed by atoms with Gasteiger partial charge in [-0.15, -0.1) is 0 Å². The molecule has 0 fully saturated rings. The molecule has 0 aliphatic carbocycles. The second kappa shape index (κ2) is 6.85. The van der Waals surface area contributed by atoms with Crippen molar-refractivity contribution in [3.05, 3.63) is 63.2 Å². The number of anilines is 1. The predicted molar refractivity (Wildman–Crippen MR) is 86.7 cm³/mol. The maximum absolute atomic E-state index is 12.5. The molecule has 0 aliphatic heterocycles. The van der Waals surface area contributed by atoms with Crippen LogP contribution in [0.15, 0.2) is 47.4 Å². The number of nitro groups is 1. The Hall–Kier alpha value is -2.65. The van der Waals surface area contributed by atoms with Crippen LogP contribution in [0.2, 0.25) is 5.02 Å². The first kappa shape index (κ1) is 17.7. The number of halogens is 1. The average Bonchev–Trinajstić information content (AvgIpc) is 2.55. The van der Waals surface area contributed by atoms with Gasteiger partial charge in [-0.3, -0.25) is 14.8 Å². The molecule has 0 spiro atoms. The van der Waals surface area contributed by atoms with Crippen molar-refractivity contribution in [1.29, 1.82) is 0 Å². The fraction of sp³-hybridized carbons (Fsp3) is 0.0714. The molecule has 2 aromatic rings. The number of methoxy groups -OCH3 is 1. The van der Waals surface area contributed by atoms with Crippen molar-refractivity contribution in [2.24, 2.45) is 0 Å². The van der Waals surface area contributed by atoms with E-state index in [0.717, 1.165) is 13.2 Å². The molecule has 0 atom stereocenters. The summed E-state index contributed by atoms with van der Waals surface area (Å²) in [6.45, 7) is 0. The van der Waals surface area contributed by atoms with Crippen molar-refractivity contribution >= 4 is 39.0 Å². The number of carbonyl (C=O) groups excluding carboxylic acids is 1. The summed E-state index contributed by atoms with van der Waals surface area (Å²) >= 11 is 5.68. The summed E-state index contributed by atoms with van der Waals surface area (Å²) in [5.74, 6) is -0.821. The van der Waals surface area contributed by atoms with Crippen LogP contribution in [0.5, 0.6) is 0 Å². The van der Waals surface area contributed by atoms with Crippen LogP contribution < -0.4 is 4.72 Å². The third-order valence-corrected chi connectivity index (χ3v) is 4.74. The van der Waals surface area contributed by atoms with E-state index in [1.165, 1.54) is 36.4 Å². The summed E-state index contributed by atoms with van der Waals surface area (Å²) in [5.41, 5.74) is -0.667. The van der Waals surface area contributed by atoms with Gasteiger partial charge in [-0.05, 0) is 24.3 Å². The number of nitrogens with one attached hydrogen (secondary N) is 1. The second-order valence-corrected chi connectivity index (χ2v) is 6.57. The topological polar surface area (TPSA) is 116 Å². The van der Waals surface area contributed by atoms with Crippen LogP contribution in [0.1, 0.15) is 10.4 Å². The number of esters is 1. The number of nitrogens with zero attached hydrogens (tertiary/aromatic N) is 1. The highest BCUT2D eigenvalue weighted by atomic mass is 35.5. The van der Waals surface area contributed by atoms with Gasteiger partial charge in [0, 0.05) is 6.07 Å². The lowest BCUT2D eigenvalue weighted by Gasteiger charge is -2.11. The summed E-state index contributed by atoms with van der Waals surface area (Å²) < 4.78 is 31.7. The minimum Gasteiger partial charge on any atom is -0.465 e. The lowest BCUT2D eigenvalue weighted by atomic mass is 10.2. The Morgan fingerprint density at radius 3 is 2.54 bits per heavy atom. The fourth-order valence-electron chi connectivity index (χ4n) is 1.91. The number of hydrogen-bond acceptors (Lipinski definition) is 6. The highest BCUT2D eigenvalue weighted by Crippen LogP contribution is 2.29. The van der Waals surface area contributed by atoms with E-state index in [2.05, 4.69) is 9.46 Å². The first-order valence-electron chi connectivity index (χ1n) is 6.40. The largest absolute Gasteiger partial charge is 0.465 e. The Kier molecular flexibility index (Phi) is 5.05. The first-order valence-corrected chi connectivity index (χ1v) is 8.26. The molecule has 10 heteroatoms. The molecule has 24 heavy (non-hydrogen) atoms. The number of sulfonamides is 1. The molecular formula is C14H11ClN2O6S. The molecule has 0 heterocycles. The maximum Gasteiger partial charge on any atom is 0.339 e. The van der Waals surface area contributed by atoms with Crippen LogP contribution in [0.4, 0.5) is 11.4 Å². The quantitative estimate of drug-likeness (QED) is 0.491. The van der Waals surface area contributed by atoms with E-state index >= 15 is 0 Å². The van der Waals surface area contributed by atoms with Gasteiger partial charge in [0.15, 0.2) is 0 Å². The number of carbonyl (C=O) groups is 1. The number of nitro benzene ring substituents is 1. The van der Waals surface area contributed by atoms with Gasteiger partial charge in [0.1, 0.15) is 9.92 Å². The molecule has 0 amide bonds. The molecular weight excluding hydrogens is 360 g/mol. The van der Waals surface area contributed by atoms with Crippen molar-refractivity contribution in [2.45, 2.75) is 4.90 Å². The third-order valence-electron chi connectivity index (χ3n) is 2.98. The minimum atomic E-state index is -4.17. The molecule has 8 nitrogen and oxygen atoms in total. The molecule has 0 aliphatic rings. The van der Waals surface area contributed by atoms with Crippen LogP contribution in [-0.4, -0.2) is 26.4 Å². The lowest BCUT2D eigenvalue weighted by Crippen LogP contribution is -2.17. The van der Waals surface area contributed by atoms with Gasteiger partial charge < -0.3 is 4.74 Å². The van der Waals surface area contributed by atoms with E-state index in [4.69, 9.17) is 11.6 Å². The van der Waals surface area contributed by atoms with Crippen molar-refractivity contribution in [3.8, 4) is 0 Å². The molecule has 0 aromatic heterocycles. The second-order valence-electron chi connectivity index (χ2n) is 4.52. The Bertz CT molecular complexity index is 913. The van der Waals surface area contributed by atoms with Crippen LogP contribution in [0, 0.1) is 10.1 Å². The van der Waals surface area contributed by atoms with Crippen molar-refractivity contribution in [3.63, 3.8) is 0 Å². The van der Waals surface area contributed by atoms with Crippen LogP contribution >= 0.6 is 11.6 Å². The van der Waals surface area contributed by atoms with Gasteiger partial charge in [0.2, 0.25) is 0 Å².